The minimum absolute atomic E-state index is 0.0210. The van der Waals surface area contributed by atoms with Gasteiger partial charge >= 0.3 is 12.0 Å². The van der Waals surface area contributed by atoms with Gasteiger partial charge in [0.25, 0.3) is 0 Å². The van der Waals surface area contributed by atoms with Crippen LogP contribution in [0.15, 0.2) is 5.38 Å². The molecule has 1 aliphatic heterocycles. The molecule has 1 aromatic rings. The second-order valence-corrected chi connectivity index (χ2v) is 5.86. The number of aromatic carboxylic acids is 1. The Bertz CT molecular complexity index is 511. The van der Waals surface area contributed by atoms with Gasteiger partial charge < -0.3 is 20.2 Å². The van der Waals surface area contributed by atoms with Crippen LogP contribution in [0.2, 0.25) is 0 Å². The number of urea groups is 1. The number of aromatic nitrogens is 1. The molecule has 1 unspecified atom stereocenters. The molecule has 0 bridgehead atoms. The van der Waals surface area contributed by atoms with Crippen molar-refractivity contribution >= 4 is 23.3 Å². The highest BCUT2D eigenvalue weighted by atomic mass is 32.1. The van der Waals surface area contributed by atoms with Gasteiger partial charge in [-0.1, -0.05) is 6.92 Å². The van der Waals surface area contributed by atoms with E-state index in [9.17, 15) is 9.59 Å². The van der Waals surface area contributed by atoms with E-state index in [0.29, 0.717) is 18.1 Å². The van der Waals surface area contributed by atoms with Crippen LogP contribution >= 0.6 is 11.3 Å². The summed E-state index contributed by atoms with van der Waals surface area (Å²) in [6, 6.07) is -0.412. The Balaban J connectivity index is 1.88. The molecule has 1 aromatic heterocycles. The largest absolute Gasteiger partial charge is 0.476 e. The summed E-state index contributed by atoms with van der Waals surface area (Å²) in [6.07, 6.45) is 0. The van der Waals surface area contributed by atoms with E-state index in [-0.39, 0.29) is 17.8 Å². The van der Waals surface area contributed by atoms with Crippen LogP contribution in [0.1, 0.15) is 35.4 Å². The van der Waals surface area contributed by atoms with E-state index in [1.807, 2.05) is 6.92 Å². The van der Waals surface area contributed by atoms with E-state index in [1.165, 1.54) is 16.7 Å². The van der Waals surface area contributed by atoms with Crippen molar-refractivity contribution in [3.63, 3.8) is 0 Å². The first-order chi connectivity index (χ1) is 10.0. The molecular weight excluding hydrogens is 292 g/mol. The topological polar surface area (TPSA) is 85.8 Å². The third kappa shape index (κ3) is 3.92. The maximum absolute atomic E-state index is 12.2. The fourth-order valence-electron chi connectivity index (χ4n) is 2.19. The van der Waals surface area contributed by atoms with E-state index in [4.69, 9.17) is 5.11 Å². The van der Waals surface area contributed by atoms with Crippen molar-refractivity contribution in [2.24, 2.45) is 0 Å². The van der Waals surface area contributed by atoms with Gasteiger partial charge in [0.05, 0.1) is 6.04 Å². The third-order valence-corrected chi connectivity index (χ3v) is 4.59. The summed E-state index contributed by atoms with van der Waals surface area (Å²) >= 11 is 1.25. The van der Waals surface area contributed by atoms with E-state index in [0.717, 1.165) is 19.6 Å². The van der Waals surface area contributed by atoms with Gasteiger partial charge in [-0.25, -0.2) is 14.6 Å². The van der Waals surface area contributed by atoms with E-state index < -0.39 is 5.97 Å². The molecule has 0 aliphatic carbocycles. The molecule has 8 heteroatoms. The number of hydrogen-bond donors (Lipinski definition) is 2. The SMILES string of the molecule is CCN1CCN(C(=O)NC(C)c2nc(C(=O)O)cs2)CC1. The van der Waals surface area contributed by atoms with Crippen LogP contribution in [0.4, 0.5) is 4.79 Å². The van der Waals surface area contributed by atoms with E-state index in [2.05, 4.69) is 22.1 Å². The number of amides is 2. The van der Waals surface area contributed by atoms with Crippen LogP contribution in [-0.2, 0) is 0 Å². The molecule has 2 heterocycles. The average molecular weight is 312 g/mol. The standard InChI is InChI=1S/C13H20N4O3S/c1-3-16-4-6-17(7-5-16)13(20)14-9(2)11-15-10(8-21-11)12(18)19/h8-9H,3-7H2,1-2H3,(H,14,20)(H,18,19). The van der Waals surface area contributed by atoms with Gasteiger partial charge in [0.2, 0.25) is 0 Å². The lowest BCUT2D eigenvalue weighted by molar-refractivity contribution is 0.0691. The van der Waals surface area contributed by atoms with Gasteiger partial charge in [-0.2, -0.15) is 0 Å². The van der Waals surface area contributed by atoms with Crippen molar-refractivity contribution in [1.29, 1.82) is 0 Å². The van der Waals surface area contributed by atoms with Crippen LogP contribution in [0, 0.1) is 0 Å². The molecule has 2 N–H and O–H groups in total. The third-order valence-electron chi connectivity index (χ3n) is 3.56. The first kappa shape index (κ1) is 15.7. The molecule has 21 heavy (non-hydrogen) atoms. The summed E-state index contributed by atoms with van der Waals surface area (Å²) < 4.78 is 0. The molecule has 1 atom stereocenters. The smallest absolute Gasteiger partial charge is 0.355 e. The van der Waals surface area contributed by atoms with Gasteiger partial charge in [0.1, 0.15) is 5.01 Å². The molecule has 2 amide bonds. The highest BCUT2D eigenvalue weighted by molar-refractivity contribution is 7.09. The predicted molar refractivity (Wildman–Crippen MR) is 79.7 cm³/mol. The van der Waals surface area contributed by atoms with Crippen molar-refractivity contribution in [3.05, 3.63) is 16.1 Å². The summed E-state index contributed by atoms with van der Waals surface area (Å²) in [5.41, 5.74) is 0.0210. The Kier molecular flexibility index (Phi) is 5.13. The molecule has 116 valence electrons. The number of likely N-dealkylation sites (N-methyl/N-ethyl adjacent to an activating group) is 1. The van der Waals surface area contributed by atoms with Crippen molar-refractivity contribution < 1.29 is 14.7 Å². The van der Waals surface area contributed by atoms with Crippen LogP contribution in [0.3, 0.4) is 0 Å². The molecule has 0 spiro atoms. The number of nitrogens with zero attached hydrogens (tertiary/aromatic N) is 3. The molecule has 1 fully saturated rings. The number of piperazine rings is 1. The lowest BCUT2D eigenvalue weighted by Crippen LogP contribution is -2.51. The molecule has 1 aliphatic rings. The minimum Gasteiger partial charge on any atom is -0.476 e. The summed E-state index contributed by atoms with van der Waals surface area (Å²) in [5.74, 6) is -1.05. The first-order valence-corrected chi connectivity index (χ1v) is 7.85. The number of hydrogen-bond acceptors (Lipinski definition) is 5. The Morgan fingerprint density at radius 3 is 2.62 bits per heavy atom. The number of nitrogens with one attached hydrogen (secondary N) is 1. The van der Waals surface area contributed by atoms with Crippen molar-refractivity contribution in [1.82, 2.24) is 20.1 Å². The van der Waals surface area contributed by atoms with Crippen molar-refractivity contribution in [2.45, 2.75) is 19.9 Å². The summed E-state index contributed by atoms with van der Waals surface area (Å²) in [6.45, 7) is 8.13. The fraction of sp³-hybridized carbons (Fsp3) is 0.615. The molecular formula is C13H20N4O3S. The van der Waals surface area contributed by atoms with Crippen LogP contribution in [-0.4, -0.2) is 64.6 Å². The summed E-state index contributed by atoms with van der Waals surface area (Å²) in [5, 5.41) is 13.8. The Morgan fingerprint density at radius 1 is 1.43 bits per heavy atom. The molecule has 7 nitrogen and oxygen atoms in total. The van der Waals surface area contributed by atoms with Crippen LogP contribution in [0.5, 0.6) is 0 Å². The second kappa shape index (κ2) is 6.86. The highest BCUT2D eigenvalue weighted by Gasteiger charge is 2.22. The minimum atomic E-state index is -1.05. The predicted octanol–water partition coefficient (Wildman–Crippen LogP) is 1.25. The van der Waals surface area contributed by atoms with Crippen molar-refractivity contribution in [3.8, 4) is 0 Å². The zero-order valence-corrected chi connectivity index (χ0v) is 13.0. The normalized spacial score (nSPS) is 17.5. The number of carbonyl (C=O) groups excluding carboxylic acids is 1. The molecule has 1 saturated heterocycles. The summed E-state index contributed by atoms with van der Waals surface area (Å²) in [4.78, 5) is 31.1. The molecule has 2 rings (SSSR count). The Labute approximate surface area is 127 Å². The number of carboxylic acids is 1. The van der Waals surface area contributed by atoms with Gasteiger partial charge in [0, 0.05) is 31.6 Å². The average Bonchev–Trinajstić information content (AvgIpc) is 2.97. The lowest BCUT2D eigenvalue weighted by atomic mass is 10.3. The molecule has 0 saturated carbocycles. The number of rotatable bonds is 4. The maximum Gasteiger partial charge on any atom is 0.355 e. The zero-order valence-electron chi connectivity index (χ0n) is 12.2. The quantitative estimate of drug-likeness (QED) is 0.874. The van der Waals surface area contributed by atoms with Crippen molar-refractivity contribution in [2.75, 3.05) is 32.7 Å². The fourth-order valence-corrected chi connectivity index (χ4v) is 2.99. The highest BCUT2D eigenvalue weighted by Crippen LogP contribution is 2.18. The zero-order chi connectivity index (χ0) is 15.4. The van der Waals surface area contributed by atoms with E-state index in [1.54, 1.807) is 4.90 Å². The number of carbonyl (C=O) groups is 2. The number of carboxylic acid groups (broad SMARTS) is 1. The second-order valence-electron chi connectivity index (χ2n) is 4.97. The van der Waals surface area contributed by atoms with Gasteiger partial charge in [-0.05, 0) is 13.5 Å². The molecule has 0 radical (unpaired) electrons. The molecule has 0 aromatic carbocycles. The van der Waals surface area contributed by atoms with Gasteiger partial charge in [-0.15, -0.1) is 11.3 Å². The van der Waals surface area contributed by atoms with Gasteiger partial charge in [-0.3, -0.25) is 0 Å². The first-order valence-electron chi connectivity index (χ1n) is 6.97. The number of thiazole rings is 1. The van der Waals surface area contributed by atoms with Crippen LogP contribution < -0.4 is 5.32 Å². The monoisotopic (exact) mass is 312 g/mol. The summed E-state index contributed by atoms with van der Waals surface area (Å²) in [7, 11) is 0. The van der Waals surface area contributed by atoms with Gasteiger partial charge in [0.15, 0.2) is 5.69 Å². The van der Waals surface area contributed by atoms with Crippen LogP contribution in [0.25, 0.3) is 0 Å². The van der Waals surface area contributed by atoms with E-state index >= 15 is 0 Å². The maximum atomic E-state index is 12.2. The Morgan fingerprint density at radius 2 is 2.10 bits per heavy atom. The lowest BCUT2D eigenvalue weighted by Gasteiger charge is -2.34. The Hall–Kier alpha value is -1.67.